The maximum Gasteiger partial charge on any atom is 0.183 e. The molecule has 0 aliphatic rings. The lowest BCUT2D eigenvalue weighted by molar-refractivity contribution is 0.249. The van der Waals surface area contributed by atoms with Crippen LogP contribution >= 0.6 is 11.3 Å². The van der Waals surface area contributed by atoms with Gasteiger partial charge in [-0.25, -0.2) is 4.98 Å². The lowest BCUT2D eigenvalue weighted by Gasteiger charge is -2.18. The number of thiazole rings is 1. The van der Waals surface area contributed by atoms with E-state index in [1.165, 1.54) is 4.88 Å². The average molecular weight is 214 g/mol. The number of aliphatic hydroxyl groups excluding tert-OH is 1. The fraction of sp³-hybridized carbons (Fsp3) is 0.700. The van der Waals surface area contributed by atoms with Crippen LogP contribution in [0.1, 0.15) is 24.4 Å². The third kappa shape index (κ3) is 2.69. The van der Waals surface area contributed by atoms with E-state index in [4.69, 9.17) is 5.11 Å². The van der Waals surface area contributed by atoms with E-state index < -0.39 is 0 Å². The first kappa shape index (κ1) is 11.5. The minimum atomic E-state index is 0.0972. The fourth-order valence-corrected chi connectivity index (χ4v) is 1.99. The summed E-state index contributed by atoms with van der Waals surface area (Å²) in [6, 6.07) is 0.0972. The largest absolute Gasteiger partial charge is 0.394 e. The van der Waals surface area contributed by atoms with Gasteiger partial charge in [0.15, 0.2) is 5.13 Å². The van der Waals surface area contributed by atoms with Crippen molar-refractivity contribution in [1.29, 1.82) is 0 Å². The highest BCUT2D eigenvalue weighted by Gasteiger charge is 2.13. The molecule has 0 aromatic carbocycles. The number of anilines is 1. The summed E-state index contributed by atoms with van der Waals surface area (Å²) < 4.78 is 0. The van der Waals surface area contributed by atoms with Crippen LogP contribution in [-0.4, -0.2) is 22.7 Å². The van der Waals surface area contributed by atoms with E-state index in [-0.39, 0.29) is 12.6 Å². The van der Waals surface area contributed by atoms with Crippen molar-refractivity contribution in [2.24, 2.45) is 5.92 Å². The molecule has 0 bridgehead atoms. The zero-order chi connectivity index (χ0) is 10.7. The Morgan fingerprint density at radius 2 is 2.07 bits per heavy atom. The van der Waals surface area contributed by atoms with Gasteiger partial charge in [-0.05, 0) is 19.8 Å². The number of aromatic nitrogens is 1. The molecule has 0 radical (unpaired) electrons. The molecular weight excluding hydrogens is 196 g/mol. The highest BCUT2D eigenvalue weighted by Crippen LogP contribution is 2.22. The molecule has 2 N–H and O–H groups in total. The van der Waals surface area contributed by atoms with Crippen molar-refractivity contribution >= 4 is 16.5 Å². The maximum absolute atomic E-state index is 9.15. The molecule has 4 heteroatoms. The van der Waals surface area contributed by atoms with Gasteiger partial charge in [0.25, 0.3) is 0 Å². The van der Waals surface area contributed by atoms with Crippen LogP contribution in [0.5, 0.6) is 0 Å². The average Bonchev–Trinajstić information content (AvgIpc) is 2.41. The highest BCUT2D eigenvalue weighted by atomic mass is 32.1. The second-order valence-corrected chi connectivity index (χ2v) is 5.04. The number of nitrogens with zero attached hydrogens (tertiary/aromatic N) is 1. The number of rotatable bonds is 4. The molecule has 80 valence electrons. The Labute approximate surface area is 89.2 Å². The molecule has 1 rings (SSSR count). The van der Waals surface area contributed by atoms with E-state index in [2.05, 4.69) is 31.1 Å². The van der Waals surface area contributed by atoms with Crippen LogP contribution in [0, 0.1) is 19.8 Å². The second kappa shape index (κ2) is 4.75. The first-order valence-electron chi connectivity index (χ1n) is 4.86. The summed E-state index contributed by atoms with van der Waals surface area (Å²) in [5, 5.41) is 13.3. The number of aliphatic hydroxyl groups is 1. The van der Waals surface area contributed by atoms with Crippen LogP contribution < -0.4 is 5.32 Å². The van der Waals surface area contributed by atoms with Gasteiger partial charge in [0.1, 0.15) is 0 Å². The zero-order valence-electron chi connectivity index (χ0n) is 9.16. The molecule has 1 atom stereocenters. The van der Waals surface area contributed by atoms with Gasteiger partial charge in [-0.3, -0.25) is 0 Å². The molecule has 3 nitrogen and oxygen atoms in total. The van der Waals surface area contributed by atoms with Crippen molar-refractivity contribution in [2.75, 3.05) is 11.9 Å². The number of hydrogen-bond acceptors (Lipinski definition) is 4. The van der Waals surface area contributed by atoms with Crippen LogP contribution in [0.4, 0.5) is 5.13 Å². The lowest BCUT2D eigenvalue weighted by atomic mass is 10.1. The molecule has 0 saturated heterocycles. The van der Waals surface area contributed by atoms with Gasteiger partial charge in [0.2, 0.25) is 0 Å². The molecular formula is C10H18N2OS. The normalized spacial score (nSPS) is 13.3. The predicted molar refractivity (Wildman–Crippen MR) is 60.9 cm³/mol. The van der Waals surface area contributed by atoms with Crippen LogP contribution in [0.2, 0.25) is 0 Å². The standard InChI is InChI=1S/C10H18N2OS/c1-6(2)9(5-13)12-10-11-7(3)8(4)14-10/h6,9,13H,5H2,1-4H3,(H,11,12). The monoisotopic (exact) mass is 214 g/mol. The summed E-state index contributed by atoms with van der Waals surface area (Å²) in [6.07, 6.45) is 0. The summed E-state index contributed by atoms with van der Waals surface area (Å²) >= 11 is 1.64. The van der Waals surface area contributed by atoms with E-state index in [1.807, 2.05) is 6.92 Å². The minimum absolute atomic E-state index is 0.0972. The molecule has 0 spiro atoms. The molecule has 0 fully saturated rings. The Balaban J connectivity index is 2.67. The Morgan fingerprint density at radius 3 is 2.43 bits per heavy atom. The van der Waals surface area contributed by atoms with Gasteiger partial charge < -0.3 is 10.4 Å². The summed E-state index contributed by atoms with van der Waals surface area (Å²) in [6.45, 7) is 8.37. The number of nitrogens with one attached hydrogen (secondary N) is 1. The van der Waals surface area contributed by atoms with Gasteiger partial charge in [0, 0.05) is 4.88 Å². The molecule has 1 heterocycles. The van der Waals surface area contributed by atoms with Crippen molar-refractivity contribution in [1.82, 2.24) is 4.98 Å². The van der Waals surface area contributed by atoms with Crippen molar-refractivity contribution in [3.8, 4) is 0 Å². The molecule has 1 aromatic heterocycles. The Hall–Kier alpha value is -0.610. The molecule has 0 aliphatic heterocycles. The summed E-state index contributed by atoms with van der Waals surface area (Å²) in [5.74, 6) is 0.407. The van der Waals surface area contributed by atoms with E-state index in [0.717, 1.165) is 10.8 Å². The van der Waals surface area contributed by atoms with Crippen molar-refractivity contribution in [3.63, 3.8) is 0 Å². The van der Waals surface area contributed by atoms with E-state index >= 15 is 0 Å². The van der Waals surface area contributed by atoms with Gasteiger partial charge in [-0.1, -0.05) is 13.8 Å². The van der Waals surface area contributed by atoms with Gasteiger partial charge in [-0.15, -0.1) is 11.3 Å². The SMILES string of the molecule is Cc1nc(NC(CO)C(C)C)sc1C. The lowest BCUT2D eigenvalue weighted by Crippen LogP contribution is -2.29. The van der Waals surface area contributed by atoms with Crippen molar-refractivity contribution < 1.29 is 5.11 Å². The summed E-state index contributed by atoms with van der Waals surface area (Å²) in [7, 11) is 0. The third-order valence-electron chi connectivity index (χ3n) is 2.34. The zero-order valence-corrected chi connectivity index (χ0v) is 9.98. The second-order valence-electron chi connectivity index (χ2n) is 3.84. The topological polar surface area (TPSA) is 45.2 Å². The Bertz CT molecular complexity index is 277. The van der Waals surface area contributed by atoms with Crippen molar-refractivity contribution in [2.45, 2.75) is 33.7 Å². The van der Waals surface area contributed by atoms with Crippen LogP contribution in [0.3, 0.4) is 0 Å². The first-order valence-corrected chi connectivity index (χ1v) is 5.67. The van der Waals surface area contributed by atoms with E-state index in [9.17, 15) is 0 Å². The fourth-order valence-electron chi connectivity index (χ4n) is 1.12. The quantitative estimate of drug-likeness (QED) is 0.807. The van der Waals surface area contributed by atoms with Gasteiger partial charge in [-0.2, -0.15) is 0 Å². The van der Waals surface area contributed by atoms with Gasteiger partial charge >= 0.3 is 0 Å². The third-order valence-corrected chi connectivity index (χ3v) is 3.34. The number of hydrogen-bond donors (Lipinski definition) is 2. The molecule has 0 amide bonds. The smallest absolute Gasteiger partial charge is 0.183 e. The Kier molecular flexibility index (Phi) is 3.89. The highest BCUT2D eigenvalue weighted by molar-refractivity contribution is 7.15. The van der Waals surface area contributed by atoms with Crippen LogP contribution in [0.15, 0.2) is 0 Å². The molecule has 1 aromatic rings. The minimum Gasteiger partial charge on any atom is -0.394 e. The van der Waals surface area contributed by atoms with Crippen molar-refractivity contribution in [3.05, 3.63) is 10.6 Å². The van der Waals surface area contributed by atoms with Crippen LogP contribution in [-0.2, 0) is 0 Å². The molecule has 1 unspecified atom stereocenters. The molecule has 0 saturated carbocycles. The first-order chi connectivity index (χ1) is 6.54. The summed E-state index contributed by atoms with van der Waals surface area (Å²) in [5.41, 5.74) is 1.07. The Morgan fingerprint density at radius 1 is 1.43 bits per heavy atom. The summed E-state index contributed by atoms with van der Waals surface area (Å²) in [4.78, 5) is 5.61. The van der Waals surface area contributed by atoms with Gasteiger partial charge in [0.05, 0.1) is 18.3 Å². The maximum atomic E-state index is 9.15. The predicted octanol–water partition coefficient (Wildman–Crippen LogP) is 2.19. The molecule has 14 heavy (non-hydrogen) atoms. The molecule has 0 aliphatic carbocycles. The van der Waals surface area contributed by atoms with E-state index in [1.54, 1.807) is 11.3 Å². The number of aryl methyl sites for hydroxylation is 2. The van der Waals surface area contributed by atoms with Crippen LogP contribution in [0.25, 0.3) is 0 Å². The van der Waals surface area contributed by atoms with E-state index in [0.29, 0.717) is 5.92 Å².